The summed E-state index contributed by atoms with van der Waals surface area (Å²) in [5.74, 6) is -0.217. The van der Waals surface area contributed by atoms with Gasteiger partial charge in [-0.3, -0.25) is 4.40 Å². The van der Waals surface area contributed by atoms with E-state index in [0.717, 1.165) is 37.7 Å². The second-order valence-corrected chi connectivity index (χ2v) is 5.98. The highest BCUT2D eigenvalue weighted by atomic mass is 32.1. The molecule has 100 valence electrons. The first kappa shape index (κ1) is 11.2. The molecule has 0 amide bonds. The van der Waals surface area contributed by atoms with Gasteiger partial charge in [-0.2, -0.15) is 0 Å². The van der Waals surface area contributed by atoms with E-state index in [1.165, 1.54) is 6.07 Å². The normalized spacial score (nSPS) is 12.0. The first-order chi connectivity index (χ1) is 10.3. The van der Waals surface area contributed by atoms with Crippen LogP contribution in [0, 0.1) is 5.82 Å². The van der Waals surface area contributed by atoms with Crippen molar-refractivity contribution in [2.24, 2.45) is 0 Å². The van der Waals surface area contributed by atoms with Gasteiger partial charge in [0.25, 0.3) is 0 Å². The quantitative estimate of drug-likeness (QED) is 0.367. The smallest absolute Gasteiger partial charge is 0.147 e. The molecule has 5 rings (SSSR count). The van der Waals surface area contributed by atoms with Crippen molar-refractivity contribution in [3.8, 4) is 0 Å². The molecule has 0 aliphatic heterocycles. The molecule has 0 aliphatic carbocycles. The first-order valence-electron chi connectivity index (χ1n) is 6.68. The molecule has 0 N–H and O–H groups in total. The van der Waals surface area contributed by atoms with E-state index >= 15 is 0 Å². The van der Waals surface area contributed by atoms with Crippen molar-refractivity contribution < 1.29 is 4.39 Å². The Kier molecular flexibility index (Phi) is 2.03. The summed E-state index contributed by atoms with van der Waals surface area (Å²) in [6.45, 7) is 0. The Morgan fingerprint density at radius 3 is 2.81 bits per heavy atom. The van der Waals surface area contributed by atoms with Gasteiger partial charge in [-0.1, -0.05) is 18.2 Å². The van der Waals surface area contributed by atoms with E-state index in [1.807, 2.05) is 35.7 Å². The number of hydrogen-bond donors (Lipinski definition) is 0. The highest BCUT2D eigenvalue weighted by Gasteiger charge is 2.14. The van der Waals surface area contributed by atoms with E-state index in [9.17, 15) is 4.39 Å². The fourth-order valence-corrected chi connectivity index (χ4v) is 3.89. The number of aromatic nitrogens is 2. The van der Waals surface area contributed by atoms with Crippen molar-refractivity contribution in [1.82, 2.24) is 9.38 Å². The molecule has 0 atom stereocenters. The van der Waals surface area contributed by atoms with Crippen molar-refractivity contribution in [2.75, 3.05) is 0 Å². The molecule has 4 heteroatoms. The number of pyridine rings is 1. The van der Waals surface area contributed by atoms with E-state index in [1.54, 1.807) is 17.4 Å². The molecule has 0 spiro atoms. The van der Waals surface area contributed by atoms with E-state index < -0.39 is 0 Å². The molecule has 3 aromatic heterocycles. The van der Waals surface area contributed by atoms with Crippen LogP contribution in [0.25, 0.3) is 37.7 Å². The van der Waals surface area contributed by atoms with Crippen molar-refractivity contribution in [2.45, 2.75) is 0 Å². The van der Waals surface area contributed by atoms with Crippen LogP contribution in [0.3, 0.4) is 0 Å². The van der Waals surface area contributed by atoms with E-state index in [2.05, 4.69) is 10.5 Å². The van der Waals surface area contributed by atoms with Gasteiger partial charge in [0.1, 0.15) is 21.8 Å². The number of nitrogens with zero attached hydrogens (tertiary/aromatic N) is 2. The molecule has 5 aromatic rings. The lowest BCUT2D eigenvalue weighted by Crippen LogP contribution is -1.91. The van der Waals surface area contributed by atoms with Crippen LogP contribution < -0.4 is 0 Å². The molecule has 0 saturated carbocycles. The Labute approximate surface area is 123 Å². The van der Waals surface area contributed by atoms with Crippen LogP contribution in [-0.2, 0) is 0 Å². The molecule has 0 radical (unpaired) electrons. The summed E-state index contributed by atoms with van der Waals surface area (Å²) < 4.78 is 15.9. The minimum absolute atomic E-state index is 0.217. The van der Waals surface area contributed by atoms with Crippen LogP contribution >= 0.6 is 11.3 Å². The highest BCUT2D eigenvalue weighted by Crippen LogP contribution is 2.33. The van der Waals surface area contributed by atoms with Crippen LogP contribution in [0.2, 0.25) is 0 Å². The van der Waals surface area contributed by atoms with Crippen molar-refractivity contribution in [3.05, 3.63) is 59.7 Å². The molecule has 0 unspecified atom stereocenters. The molecule has 21 heavy (non-hydrogen) atoms. The topological polar surface area (TPSA) is 17.3 Å². The van der Waals surface area contributed by atoms with Gasteiger partial charge in [-0.25, -0.2) is 9.37 Å². The molecule has 2 aromatic carbocycles. The number of thiophene rings is 1. The predicted octanol–water partition coefficient (Wildman–Crippen LogP) is 4.99. The average molecular weight is 292 g/mol. The minimum atomic E-state index is -0.217. The highest BCUT2D eigenvalue weighted by molar-refractivity contribution is 7.16. The van der Waals surface area contributed by atoms with Gasteiger partial charge in [0.15, 0.2) is 0 Å². The lowest BCUT2D eigenvalue weighted by molar-refractivity contribution is 0.630. The standard InChI is InChI=1S/C17H9FN2S/c18-10-5-6-12-13(9-10)11-3-1-2-4-15(11)20-16(12)19-14-7-8-21-17(14)20/h1-9H. The van der Waals surface area contributed by atoms with Crippen molar-refractivity contribution >= 4 is 49.0 Å². The Morgan fingerprint density at radius 2 is 1.86 bits per heavy atom. The third-order valence-corrected chi connectivity index (χ3v) is 4.81. The number of benzene rings is 2. The summed E-state index contributed by atoms with van der Waals surface area (Å²) in [5, 5.41) is 5.00. The summed E-state index contributed by atoms with van der Waals surface area (Å²) in [6, 6.07) is 15.0. The zero-order valence-electron chi connectivity index (χ0n) is 10.9. The first-order valence-corrected chi connectivity index (χ1v) is 7.56. The maximum absolute atomic E-state index is 13.7. The average Bonchev–Trinajstić information content (AvgIpc) is 3.08. The van der Waals surface area contributed by atoms with E-state index in [4.69, 9.17) is 4.98 Å². The van der Waals surface area contributed by atoms with Crippen LogP contribution in [0.1, 0.15) is 0 Å². The molecule has 0 aliphatic rings. The van der Waals surface area contributed by atoms with Crippen LogP contribution in [0.15, 0.2) is 53.9 Å². The fraction of sp³-hybridized carbons (Fsp3) is 0. The molecular formula is C17H9FN2S. The van der Waals surface area contributed by atoms with Gasteiger partial charge in [-0.15, -0.1) is 11.3 Å². The van der Waals surface area contributed by atoms with Gasteiger partial charge >= 0.3 is 0 Å². The van der Waals surface area contributed by atoms with Gasteiger partial charge < -0.3 is 0 Å². The van der Waals surface area contributed by atoms with Gasteiger partial charge in [0, 0.05) is 10.8 Å². The summed E-state index contributed by atoms with van der Waals surface area (Å²) >= 11 is 1.68. The zero-order chi connectivity index (χ0) is 14.0. The van der Waals surface area contributed by atoms with Crippen LogP contribution in [0.5, 0.6) is 0 Å². The number of para-hydroxylation sites is 1. The Hall–Kier alpha value is -2.46. The SMILES string of the molecule is Fc1ccc2c(c1)c1ccccc1n1c2nc2ccsc21. The molecule has 0 bridgehead atoms. The summed E-state index contributed by atoms with van der Waals surface area (Å²) in [7, 11) is 0. The number of rotatable bonds is 0. The molecular weight excluding hydrogens is 283 g/mol. The predicted molar refractivity (Wildman–Crippen MR) is 85.5 cm³/mol. The summed E-state index contributed by atoms with van der Waals surface area (Å²) in [6.07, 6.45) is 0. The lowest BCUT2D eigenvalue weighted by atomic mass is 10.1. The zero-order valence-corrected chi connectivity index (χ0v) is 11.7. The van der Waals surface area contributed by atoms with Gasteiger partial charge in [-0.05, 0) is 41.1 Å². The summed E-state index contributed by atoms with van der Waals surface area (Å²) in [4.78, 5) is 5.87. The maximum atomic E-state index is 13.7. The Balaban J connectivity index is 2.23. The fourth-order valence-electron chi connectivity index (χ4n) is 3.04. The Morgan fingerprint density at radius 1 is 0.952 bits per heavy atom. The second kappa shape index (κ2) is 3.80. The van der Waals surface area contributed by atoms with Gasteiger partial charge in [0.05, 0.1) is 5.52 Å². The van der Waals surface area contributed by atoms with Crippen LogP contribution in [0.4, 0.5) is 4.39 Å². The number of imidazole rings is 1. The third kappa shape index (κ3) is 1.37. The maximum Gasteiger partial charge on any atom is 0.147 e. The number of halogens is 1. The lowest BCUT2D eigenvalue weighted by Gasteiger charge is -2.08. The van der Waals surface area contributed by atoms with Crippen molar-refractivity contribution in [1.29, 1.82) is 0 Å². The third-order valence-electron chi connectivity index (χ3n) is 3.92. The molecule has 0 fully saturated rings. The van der Waals surface area contributed by atoms with Gasteiger partial charge in [0.2, 0.25) is 0 Å². The number of hydrogen-bond acceptors (Lipinski definition) is 2. The second-order valence-electron chi connectivity index (χ2n) is 5.09. The van der Waals surface area contributed by atoms with E-state index in [0.29, 0.717) is 0 Å². The van der Waals surface area contributed by atoms with Crippen molar-refractivity contribution in [3.63, 3.8) is 0 Å². The Bertz CT molecular complexity index is 1130. The summed E-state index contributed by atoms with van der Waals surface area (Å²) in [5.41, 5.74) is 2.95. The monoisotopic (exact) mass is 292 g/mol. The molecule has 0 saturated heterocycles. The van der Waals surface area contributed by atoms with Crippen LogP contribution in [-0.4, -0.2) is 9.38 Å². The van der Waals surface area contributed by atoms with E-state index in [-0.39, 0.29) is 5.82 Å². The minimum Gasteiger partial charge on any atom is -0.283 e. The largest absolute Gasteiger partial charge is 0.283 e. The number of fused-ring (bicyclic) bond motifs is 8. The molecule has 3 heterocycles. The molecule has 2 nitrogen and oxygen atoms in total.